The van der Waals surface area contributed by atoms with Crippen LogP contribution in [0.4, 0.5) is 13.2 Å². The van der Waals surface area contributed by atoms with Crippen LogP contribution in [-0.4, -0.2) is 29.9 Å². The molecule has 4 aromatic rings. The monoisotopic (exact) mass is 535 g/mol. The maximum absolute atomic E-state index is 13.1. The van der Waals surface area contributed by atoms with Crippen LogP contribution in [0.3, 0.4) is 0 Å². The van der Waals surface area contributed by atoms with Crippen LogP contribution >= 0.6 is 0 Å². The van der Waals surface area contributed by atoms with Crippen molar-refractivity contribution in [2.45, 2.75) is 31.5 Å². The van der Waals surface area contributed by atoms with Crippen LogP contribution < -0.4 is 15.4 Å². The van der Waals surface area contributed by atoms with E-state index in [1.807, 2.05) is 18.2 Å². The Morgan fingerprint density at radius 1 is 0.974 bits per heavy atom. The lowest BCUT2D eigenvalue weighted by Crippen LogP contribution is -2.38. The molecule has 1 aliphatic carbocycles. The molecule has 39 heavy (non-hydrogen) atoms. The molecule has 0 spiro atoms. The molecule has 2 amide bonds. The molecular weight excluding hydrogens is 511 g/mol. The van der Waals surface area contributed by atoms with Crippen molar-refractivity contribution in [3.05, 3.63) is 101 Å². The zero-order valence-corrected chi connectivity index (χ0v) is 20.8. The van der Waals surface area contributed by atoms with Gasteiger partial charge in [0.25, 0.3) is 11.8 Å². The molecular formula is C29H24F3N3O4. The maximum Gasteiger partial charge on any atom is 0.416 e. The summed E-state index contributed by atoms with van der Waals surface area (Å²) in [6.07, 6.45) is -0.932. The zero-order chi connectivity index (χ0) is 27.6. The Bertz CT molecular complexity index is 1530. The second-order valence-corrected chi connectivity index (χ2v) is 9.14. The van der Waals surface area contributed by atoms with Crippen molar-refractivity contribution in [2.24, 2.45) is 0 Å². The van der Waals surface area contributed by atoms with Gasteiger partial charge in [-0.1, -0.05) is 18.2 Å². The number of carbonyl (C=O) groups is 2. The van der Waals surface area contributed by atoms with E-state index in [-0.39, 0.29) is 34.7 Å². The lowest BCUT2D eigenvalue weighted by Gasteiger charge is -2.25. The van der Waals surface area contributed by atoms with Gasteiger partial charge in [-0.05, 0) is 72.9 Å². The van der Waals surface area contributed by atoms with Gasteiger partial charge in [-0.15, -0.1) is 0 Å². The van der Waals surface area contributed by atoms with Crippen molar-refractivity contribution in [3.63, 3.8) is 0 Å². The quantitative estimate of drug-likeness (QED) is 0.326. The predicted molar refractivity (Wildman–Crippen MR) is 137 cm³/mol. The summed E-state index contributed by atoms with van der Waals surface area (Å²) >= 11 is 0. The number of furan rings is 1. The fourth-order valence-electron chi connectivity index (χ4n) is 4.50. The van der Waals surface area contributed by atoms with E-state index in [2.05, 4.69) is 15.6 Å². The minimum absolute atomic E-state index is 0.0231. The number of hydrogen-bond donors (Lipinski definition) is 2. The highest BCUT2D eigenvalue weighted by Crippen LogP contribution is 2.33. The third-order valence-corrected chi connectivity index (χ3v) is 6.47. The number of aromatic nitrogens is 1. The number of amides is 2. The number of pyridine rings is 1. The molecule has 0 radical (unpaired) electrons. The molecule has 1 atom stereocenters. The summed E-state index contributed by atoms with van der Waals surface area (Å²) in [4.78, 5) is 28.7. The van der Waals surface area contributed by atoms with Crippen LogP contribution in [0.1, 0.15) is 44.2 Å². The van der Waals surface area contributed by atoms with Crippen LogP contribution in [0.5, 0.6) is 11.5 Å². The molecule has 0 aliphatic heterocycles. The van der Waals surface area contributed by atoms with Gasteiger partial charge in [0.1, 0.15) is 23.0 Å². The SMILES string of the molecule is CNC(=O)c1cc(Oc2ccc3c(c2)CC(NC(=O)c2ccc(-c4cccc(C(F)(F)F)c4)o2)CC3)ccn1. The smallest absolute Gasteiger partial charge is 0.416 e. The molecule has 2 aromatic carbocycles. The maximum atomic E-state index is 13.1. The Balaban J connectivity index is 1.25. The van der Waals surface area contributed by atoms with Crippen LogP contribution in [0, 0.1) is 0 Å². The highest BCUT2D eigenvalue weighted by atomic mass is 19.4. The fraction of sp³-hybridized carbons (Fsp3) is 0.207. The molecule has 1 unspecified atom stereocenters. The summed E-state index contributed by atoms with van der Waals surface area (Å²) in [5.74, 6) is 0.508. The summed E-state index contributed by atoms with van der Waals surface area (Å²) in [5, 5.41) is 5.49. The highest BCUT2D eigenvalue weighted by molar-refractivity contribution is 5.92. The molecule has 0 saturated heterocycles. The first-order valence-electron chi connectivity index (χ1n) is 12.3. The third-order valence-electron chi connectivity index (χ3n) is 6.47. The number of rotatable bonds is 6. The van der Waals surface area contributed by atoms with Gasteiger partial charge in [0.15, 0.2) is 5.76 Å². The Kier molecular flexibility index (Phi) is 7.10. The van der Waals surface area contributed by atoms with Gasteiger partial charge in [0.2, 0.25) is 0 Å². The van der Waals surface area contributed by atoms with Crippen molar-refractivity contribution in [2.75, 3.05) is 7.05 Å². The summed E-state index contributed by atoms with van der Waals surface area (Å²) in [5.41, 5.74) is 1.86. The summed E-state index contributed by atoms with van der Waals surface area (Å²) in [6, 6.07) is 16.5. The molecule has 0 fully saturated rings. The Labute approximate surface area is 222 Å². The first kappa shape index (κ1) is 26.0. The molecule has 2 aromatic heterocycles. The number of nitrogens with one attached hydrogen (secondary N) is 2. The number of benzene rings is 2. The highest BCUT2D eigenvalue weighted by Gasteiger charge is 2.31. The van der Waals surface area contributed by atoms with Gasteiger partial charge >= 0.3 is 6.18 Å². The lowest BCUT2D eigenvalue weighted by molar-refractivity contribution is -0.137. The van der Waals surface area contributed by atoms with Gasteiger partial charge in [-0.2, -0.15) is 13.2 Å². The summed E-state index contributed by atoms with van der Waals surface area (Å²) in [6.45, 7) is 0. The third kappa shape index (κ3) is 5.95. The van der Waals surface area contributed by atoms with E-state index in [9.17, 15) is 22.8 Å². The molecule has 5 rings (SSSR count). The molecule has 2 heterocycles. The van der Waals surface area contributed by atoms with Crippen LogP contribution in [0.25, 0.3) is 11.3 Å². The number of ether oxygens (including phenoxy) is 1. The Hall–Kier alpha value is -4.60. The van der Waals surface area contributed by atoms with E-state index < -0.39 is 17.6 Å². The number of hydrogen-bond acceptors (Lipinski definition) is 5. The zero-order valence-electron chi connectivity index (χ0n) is 20.8. The second-order valence-electron chi connectivity index (χ2n) is 9.14. The largest absolute Gasteiger partial charge is 0.457 e. The average molecular weight is 536 g/mol. The van der Waals surface area contributed by atoms with Crippen molar-refractivity contribution in [1.82, 2.24) is 15.6 Å². The van der Waals surface area contributed by atoms with Crippen molar-refractivity contribution < 1.29 is 31.9 Å². The molecule has 200 valence electrons. The lowest BCUT2D eigenvalue weighted by atomic mass is 9.88. The minimum atomic E-state index is -4.47. The summed E-state index contributed by atoms with van der Waals surface area (Å²) < 4.78 is 50.7. The molecule has 10 heteroatoms. The normalized spacial score (nSPS) is 14.8. The number of fused-ring (bicyclic) bond motifs is 1. The van der Waals surface area contributed by atoms with Crippen LogP contribution in [-0.2, 0) is 19.0 Å². The van der Waals surface area contributed by atoms with E-state index in [1.165, 1.54) is 37.5 Å². The Morgan fingerprint density at radius 3 is 2.59 bits per heavy atom. The van der Waals surface area contributed by atoms with Crippen molar-refractivity contribution in [1.29, 1.82) is 0 Å². The fourth-order valence-corrected chi connectivity index (χ4v) is 4.50. The van der Waals surface area contributed by atoms with Crippen LogP contribution in [0.2, 0.25) is 0 Å². The summed E-state index contributed by atoms with van der Waals surface area (Å²) in [7, 11) is 1.53. The Morgan fingerprint density at radius 2 is 1.79 bits per heavy atom. The average Bonchev–Trinajstić information content (AvgIpc) is 3.43. The first-order valence-corrected chi connectivity index (χ1v) is 12.3. The topological polar surface area (TPSA) is 93.5 Å². The van der Waals surface area contributed by atoms with Crippen molar-refractivity contribution >= 4 is 11.8 Å². The van der Waals surface area contributed by atoms with Gasteiger partial charge in [0.05, 0.1) is 5.56 Å². The van der Waals surface area contributed by atoms with Crippen molar-refractivity contribution in [3.8, 4) is 22.8 Å². The minimum Gasteiger partial charge on any atom is -0.457 e. The van der Waals surface area contributed by atoms with Gasteiger partial charge < -0.3 is 19.8 Å². The standard InChI is InChI=1S/C29H24F3N3O4/c1-33-27(36)24-16-23(11-12-34-24)38-22-8-6-17-5-7-21(14-19(17)15-22)35-28(37)26-10-9-25(39-26)18-3-2-4-20(13-18)29(30,31)32/h2-4,6,8-13,15-16,21H,5,7,14H2,1H3,(H,33,36)(H,35,37). The van der Waals surface area contributed by atoms with E-state index in [1.54, 1.807) is 12.1 Å². The first-order chi connectivity index (χ1) is 18.7. The van der Waals surface area contributed by atoms with Gasteiger partial charge in [0, 0.05) is 30.9 Å². The second kappa shape index (κ2) is 10.6. The van der Waals surface area contributed by atoms with E-state index in [0.717, 1.165) is 36.1 Å². The van der Waals surface area contributed by atoms with E-state index in [0.29, 0.717) is 17.9 Å². The number of alkyl halides is 3. The van der Waals surface area contributed by atoms with Gasteiger partial charge in [-0.25, -0.2) is 0 Å². The predicted octanol–water partition coefficient (Wildman–Crippen LogP) is 5.80. The van der Waals surface area contributed by atoms with E-state index >= 15 is 0 Å². The number of halogens is 3. The molecule has 7 nitrogen and oxygen atoms in total. The number of nitrogens with zero attached hydrogens (tertiary/aromatic N) is 1. The molecule has 0 bridgehead atoms. The van der Waals surface area contributed by atoms with Gasteiger partial charge in [-0.3, -0.25) is 14.6 Å². The number of carbonyl (C=O) groups excluding carboxylic acids is 2. The molecule has 0 saturated carbocycles. The molecule has 2 N–H and O–H groups in total. The van der Waals surface area contributed by atoms with E-state index in [4.69, 9.17) is 9.15 Å². The molecule has 1 aliphatic rings. The number of aryl methyl sites for hydroxylation is 1. The van der Waals surface area contributed by atoms with Crippen LogP contribution in [0.15, 0.2) is 77.3 Å².